The number of aromatic amines is 1. The highest BCUT2D eigenvalue weighted by molar-refractivity contribution is 6.40. The van der Waals surface area contributed by atoms with E-state index in [0.29, 0.717) is 49.1 Å². The van der Waals surface area contributed by atoms with Crippen molar-refractivity contribution in [2.45, 2.75) is 13.0 Å². The zero-order chi connectivity index (χ0) is 23.1. The fourth-order valence-electron chi connectivity index (χ4n) is 3.99. The maximum absolute atomic E-state index is 13.7. The molecule has 2 N–H and O–H groups in total. The van der Waals surface area contributed by atoms with Gasteiger partial charge in [-0.1, -0.05) is 53.5 Å². The third-order valence-electron chi connectivity index (χ3n) is 5.46. The Balaban J connectivity index is 1.77. The third-order valence-corrected chi connectivity index (χ3v) is 6.17. The maximum atomic E-state index is 13.7. The van der Waals surface area contributed by atoms with E-state index in [-0.39, 0.29) is 11.0 Å². The Morgan fingerprint density at radius 3 is 2.55 bits per heavy atom. The molecule has 3 aromatic heterocycles. The van der Waals surface area contributed by atoms with E-state index < -0.39 is 6.04 Å². The van der Waals surface area contributed by atoms with E-state index in [1.165, 1.54) is 18.6 Å². The van der Waals surface area contributed by atoms with Gasteiger partial charge in [0.2, 0.25) is 0 Å². The molecule has 33 heavy (non-hydrogen) atoms. The highest BCUT2D eigenvalue weighted by Gasteiger charge is 2.23. The van der Waals surface area contributed by atoms with Crippen LogP contribution in [0.15, 0.2) is 76.7 Å². The van der Waals surface area contributed by atoms with Crippen molar-refractivity contribution in [3.8, 4) is 5.69 Å². The molecule has 0 saturated heterocycles. The molecule has 0 saturated carbocycles. The Kier molecular flexibility index (Phi) is 5.36. The molecule has 0 spiro atoms. The van der Waals surface area contributed by atoms with Gasteiger partial charge in [0.05, 0.1) is 27.2 Å². The SMILES string of the molecule is C[C@H](Nc1ncnc2[nH]ccc(=O)c12)c1c(Cl)c2cccc(Cl)c2c(=O)n1-c1ccccc1. The lowest BCUT2D eigenvalue weighted by molar-refractivity contribution is 0.774. The average Bonchev–Trinajstić information content (AvgIpc) is 2.81. The van der Waals surface area contributed by atoms with Crippen molar-refractivity contribution in [3.05, 3.63) is 103 Å². The first-order valence-corrected chi connectivity index (χ1v) is 10.9. The number of rotatable bonds is 4. The zero-order valence-corrected chi connectivity index (χ0v) is 18.9. The normalized spacial score (nSPS) is 12.2. The summed E-state index contributed by atoms with van der Waals surface area (Å²) >= 11 is 13.3. The summed E-state index contributed by atoms with van der Waals surface area (Å²) in [5, 5.41) is 5.16. The van der Waals surface area contributed by atoms with Gasteiger partial charge in [0.1, 0.15) is 23.2 Å². The van der Waals surface area contributed by atoms with E-state index in [4.69, 9.17) is 23.2 Å². The number of hydrogen-bond donors (Lipinski definition) is 2. The van der Waals surface area contributed by atoms with Crippen LogP contribution in [-0.4, -0.2) is 19.5 Å². The van der Waals surface area contributed by atoms with Crippen LogP contribution in [0.2, 0.25) is 10.0 Å². The monoisotopic (exact) mass is 477 g/mol. The van der Waals surface area contributed by atoms with Crippen LogP contribution < -0.4 is 16.3 Å². The second-order valence-electron chi connectivity index (χ2n) is 7.49. The molecule has 0 aliphatic rings. The minimum atomic E-state index is -0.508. The van der Waals surface area contributed by atoms with Crippen LogP contribution in [0.1, 0.15) is 18.7 Å². The molecule has 5 rings (SSSR count). The van der Waals surface area contributed by atoms with Gasteiger partial charge in [-0.05, 0) is 25.1 Å². The van der Waals surface area contributed by atoms with Crippen LogP contribution in [0.25, 0.3) is 27.5 Å². The molecule has 7 nitrogen and oxygen atoms in total. The van der Waals surface area contributed by atoms with Crippen molar-refractivity contribution in [2.24, 2.45) is 0 Å². The zero-order valence-electron chi connectivity index (χ0n) is 17.3. The number of para-hydroxylation sites is 1. The van der Waals surface area contributed by atoms with Crippen molar-refractivity contribution >= 4 is 50.8 Å². The summed E-state index contributed by atoms with van der Waals surface area (Å²) < 4.78 is 1.54. The minimum absolute atomic E-state index is 0.226. The molecular formula is C24H17Cl2N5O2. The van der Waals surface area contributed by atoms with Crippen LogP contribution in [0, 0.1) is 0 Å². The van der Waals surface area contributed by atoms with Gasteiger partial charge >= 0.3 is 0 Å². The van der Waals surface area contributed by atoms with Crippen LogP contribution in [0.4, 0.5) is 5.82 Å². The van der Waals surface area contributed by atoms with Gasteiger partial charge in [-0.3, -0.25) is 14.2 Å². The van der Waals surface area contributed by atoms with E-state index in [9.17, 15) is 9.59 Å². The molecule has 0 fully saturated rings. The standard InChI is InChI=1S/C24H17Cl2N5O2/c1-13(30-23-19-17(32)10-11-27-22(19)28-12-29-23)21-20(26)15-8-5-9-16(25)18(15)24(33)31(21)14-6-3-2-4-7-14/h2-13H,1H3,(H2,27,28,29,30,32)/t13-/m0/s1. The van der Waals surface area contributed by atoms with Gasteiger partial charge < -0.3 is 10.3 Å². The second kappa shape index (κ2) is 8.35. The van der Waals surface area contributed by atoms with E-state index in [1.54, 1.807) is 22.8 Å². The largest absolute Gasteiger partial charge is 0.361 e. The van der Waals surface area contributed by atoms with Crippen molar-refractivity contribution in [1.82, 2.24) is 19.5 Å². The number of nitrogens with zero attached hydrogens (tertiary/aromatic N) is 3. The predicted molar refractivity (Wildman–Crippen MR) is 132 cm³/mol. The molecule has 0 amide bonds. The van der Waals surface area contributed by atoms with Gasteiger partial charge in [-0.15, -0.1) is 0 Å². The van der Waals surface area contributed by atoms with E-state index in [0.717, 1.165) is 0 Å². The molecule has 0 unspecified atom stereocenters. The molecule has 0 bridgehead atoms. The molecule has 9 heteroatoms. The lowest BCUT2D eigenvalue weighted by Crippen LogP contribution is -2.27. The molecule has 1 atom stereocenters. The number of fused-ring (bicyclic) bond motifs is 2. The van der Waals surface area contributed by atoms with E-state index >= 15 is 0 Å². The van der Waals surface area contributed by atoms with E-state index in [1.807, 2.05) is 37.3 Å². The molecule has 5 aromatic rings. The fourth-order valence-corrected chi connectivity index (χ4v) is 4.65. The van der Waals surface area contributed by atoms with Crippen molar-refractivity contribution in [3.63, 3.8) is 0 Å². The number of aromatic nitrogens is 4. The quantitative estimate of drug-likeness (QED) is 0.375. The van der Waals surface area contributed by atoms with Gasteiger partial charge in [0.15, 0.2) is 5.43 Å². The fraction of sp³-hybridized carbons (Fsp3) is 0.0833. The number of halogens is 2. The number of hydrogen-bond acceptors (Lipinski definition) is 5. The summed E-state index contributed by atoms with van der Waals surface area (Å²) in [6.45, 7) is 1.85. The third kappa shape index (κ3) is 3.55. The summed E-state index contributed by atoms with van der Waals surface area (Å²) in [6, 6.07) is 15.3. The first-order valence-electron chi connectivity index (χ1n) is 10.1. The van der Waals surface area contributed by atoms with Crippen LogP contribution >= 0.6 is 23.2 Å². The first kappa shape index (κ1) is 21.2. The average molecular weight is 478 g/mol. The molecule has 164 valence electrons. The number of anilines is 1. The Labute approximate surface area is 197 Å². The second-order valence-corrected chi connectivity index (χ2v) is 8.28. The predicted octanol–water partition coefficient (Wildman–Crippen LogP) is 5.10. The highest BCUT2D eigenvalue weighted by Crippen LogP contribution is 2.34. The lowest BCUT2D eigenvalue weighted by Gasteiger charge is -2.23. The number of benzene rings is 2. The lowest BCUT2D eigenvalue weighted by atomic mass is 10.1. The molecule has 3 heterocycles. The minimum Gasteiger partial charge on any atom is -0.361 e. The molecule has 2 aromatic carbocycles. The Morgan fingerprint density at radius 1 is 0.970 bits per heavy atom. The maximum Gasteiger partial charge on any atom is 0.264 e. The van der Waals surface area contributed by atoms with Crippen LogP contribution in [0.5, 0.6) is 0 Å². The van der Waals surface area contributed by atoms with Gasteiger partial charge in [-0.25, -0.2) is 9.97 Å². The first-order chi connectivity index (χ1) is 16.0. The molecule has 0 radical (unpaired) electrons. The topological polar surface area (TPSA) is 92.7 Å². The Hall–Kier alpha value is -3.68. The van der Waals surface area contributed by atoms with E-state index in [2.05, 4.69) is 20.3 Å². The Bertz CT molecular complexity index is 1620. The summed E-state index contributed by atoms with van der Waals surface area (Å²) in [6.07, 6.45) is 2.89. The van der Waals surface area contributed by atoms with Crippen molar-refractivity contribution < 1.29 is 0 Å². The van der Waals surface area contributed by atoms with Crippen molar-refractivity contribution in [1.29, 1.82) is 0 Å². The number of H-pyrrole nitrogens is 1. The summed E-state index contributed by atoms with van der Waals surface area (Å²) in [4.78, 5) is 37.5. The van der Waals surface area contributed by atoms with Crippen LogP contribution in [-0.2, 0) is 0 Å². The van der Waals surface area contributed by atoms with Gasteiger partial charge in [0.25, 0.3) is 5.56 Å². The number of nitrogens with one attached hydrogen (secondary N) is 2. The molecular weight excluding hydrogens is 461 g/mol. The smallest absolute Gasteiger partial charge is 0.264 e. The highest BCUT2D eigenvalue weighted by atomic mass is 35.5. The summed E-state index contributed by atoms with van der Waals surface area (Å²) in [7, 11) is 0. The van der Waals surface area contributed by atoms with Crippen LogP contribution in [0.3, 0.4) is 0 Å². The number of pyridine rings is 2. The summed E-state index contributed by atoms with van der Waals surface area (Å²) in [5.41, 5.74) is 1.04. The van der Waals surface area contributed by atoms with Gasteiger partial charge in [-0.2, -0.15) is 0 Å². The molecule has 0 aliphatic heterocycles. The molecule has 0 aliphatic carbocycles. The van der Waals surface area contributed by atoms with Gasteiger partial charge in [0, 0.05) is 23.3 Å². The summed E-state index contributed by atoms with van der Waals surface area (Å²) in [5.74, 6) is 0.337. The van der Waals surface area contributed by atoms with Crippen molar-refractivity contribution in [2.75, 3.05) is 5.32 Å². The Morgan fingerprint density at radius 2 is 1.76 bits per heavy atom.